The fraction of sp³-hybridized carbons (Fsp3) is 0.176. The molecule has 0 saturated heterocycles. The summed E-state index contributed by atoms with van der Waals surface area (Å²) in [7, 11) is 0. The molecule has 3 N–H and O–H groups in total. The number of nitrogens with two attached hydrogens (primary N) is 1. The normalized spacial score (nSPS) is 11.7. The van der Waals surface area contributed by atoms with Crippen molar-refractivity contribution in [1.29, 1.82) is 0 Å². The van der Waals surface area contributed by atoms with E-state index in [4.69, 9.17) is 17.3 Å². The first-order chi connectivity index (χ1) is 10.6. The predicted molar refractivity (Wildman–Crippen MR) is 86.9 cm³/mol. The fourth-order valence-corrected chi connectivity index (χ4v) is 2.12. The van der Waals surface area contributed by atoms with E-state index in [1.807, 2.05) is 30.3 Å². The van der Waals surface area contributed by atoms with Gasteiger partial charge in [0.25, 0.3) is 0 Å². The van der Waals surface area contributed by atoms with Crippen molar-refractivity contribution in [2.45, 2.75) is 12.5 Å². The standard InChI is InChI=1S/C17H17ClN2O2/c18-14-8-6-13(7-9-14)16(21)11-20-17(22)15(19)10-12-4-2-1-3-5-12/h1-9,15H,10-11,19H2,(H,20,22)/t15-/m0/s1. The van der Waals surface area contributed by atoms with Gasteiger partial charge in [-0.2, -0.15) is 0 Å². The average Bonchev–Trinajstić information content (AvgIpc) is 2.53. The summed E-state index contributed by atoms with van der Waals surface area (Å²) in [6.07, 6.45) is 0.432. The molecule has 1 amide bonds. The smallest absolute Gasteiger partial charge is 0.237 e. The maximum absolute atomic E-state index is 11.9. The van der Waals surface area contributed by atoms with E-state index < -0.39 is 6.04 Å². The predicted octanol–water partition coefficient (Wildman–Crippen LogP) is 2.21. The Morgan fingerprint density at radius 1 is 1.05 bits per heavy atom. The van der Waals surface area contributed by atoms with Gasteiger partial charge in [0.2, 0.25) is 5.91 Å². The minimum atomic E-state index is -0.680. The van der Waals surface area contributed by atoms with Crippen molar-refractivity contribution in [3.05, 3.63) is 70.7 Å². The molecule has 0 heterocycles. The van der Waals surface area contributed by atoms with E-state index in [2.05, 4.69) is 5.32 Å². The third-order valence-corrected chi connectivity index (χ3v) is 3.48. The van der Waals surface area contributed by atoms with Crippen molar-refractivity contribution in [1.82, 2.24) is 5.32 Å². The number of hydrogen-bond acceptors (Lipinski definition) is 3. The minimum Gasteiger partial charge on any atom is -0.347 e. The van der Waals surface area contributed by atoms with Gasteiger partial charge in [0.1, 0.15) is 0 Å². The summed E-state index contributed by atoms with van der Waals surface area (Å²) >= 11 is 5.76. The molecular formula is C17H17ClN2O2. The highest BCUT2D eigenvalue weighted by Gasteiger charge is 2.15. The quantitative estimate of drug-likeness (QED) is 0.803. The summed E-state index contributed by atoms with van der Waals surface area (Å²) in [5.41, 5.74) is 7.34. The topological polar surface area (TPSA) is 72.2 Å². The van der Waals surface area contributed by atoms with E-state index in [0.717, 1.165) is 5.56 Å². The van der Waals surface area contributed by atoms with Crippen molar-refractivity contribution in [2.24, 2.45) is 5.73 Å². The number of benzene rings is 2. The molecule has 0 aromatic heterocycles. The van der Waals surface area contributed by atoms with E-state index in [1.165, 1.54) is 0 Å². The molecule has 0 spiro atoms. The molecule has 114 valence electrons. The highest BCUT2D eigenvalue weighted by Crippen LogP contribution is 2.09. The molecule has 22 heavy (non-hydrogen) atoms. The Labute approximate surface area is 134 Å². The molecule has 0 bridgehead atoms. The number of halogens is 1. The second-order valence-electron chi connectivity index (χ2n) is 4.94. The number of rotatable bonds is 6. The number of hydrogen-bond donors (Lipinski definition) is 2. The van der Waals surface area contributed by atoms with Gasteiger partial charge in [-0.15, -0.1) is 0 Å². The van der Waals surface area contributed by atoms with Gasteiger partial charge in [-0.3, -0.25) is 9.59 Å². The van der Waals surface area contributed by atoms with Crippen LogP contribution in [0, 0.1) is 0 Å². The summed E-state index contributed by atoms with van der Waals surface area (Å²) in [6, 6.07) is 15.4. The number of Topliss-reactive ketones (excluding diaryl/α,β-unsaturated/α-hetero) is 1. The monoisotopic (exact) mass is 316 g/mol. The summed E-state index contributed by atoms with van der Waals surface area (Å²) in [4.78, 5) is 23.9. The van der Waals surface area contributed by atoms with Gasteiger partial charge in [-0.25, -0.2) is 0 Å². The molecule has 0 fully saturated rings. The molecule has 0 aliphatic heterocycles. The molecule has 0 aliphatic rings. The van der Waals surface area contributed by atoms with Gasteiger partial charge >= 0.3 is 0 Å². The highest BCUT2D eigenvalue weighted by atomic mass is 35.5. The largest absolute Gasteiger partial charge is 0.347 e. The third kappa shape index (κ3) is 4.69. The first-order valence-electron chi connectivity index (χ1n) is 6.92. The van der Waals surface area contributed by atoms with Crippen molar-refractivity contribution in [3.63, 3.8) is 0 Å². The highest BCUT2D eigenvalue weighted by molar-refractivity contribution is 6.30. The summed E-state index contributed by atoms with van der Waals surface area (Å²) < 4.78 is 0. The second-order valence-corrected chi connectivity index (χ2v) is 5.38. The SMILES string of the molecule is N[C@@H](Cc1ccccc1)C(=O)NCC(=O)c1ccc(Cl)cc1. The number of nitrogens with one attached hydrogen (secondary N) is 1. The van der Waals surface area contributed by atoms with Crippen LogP contribution in [0.4, 0.5) is 0 Å². The maximum Gasteiger partial charge on any atom is 0.237 e. The molecule has 2 rings (SSSR count). The lowest BCUT2D eigenvalue weighted by Gasteiger charge is -2.12. The third-order valence-electron chi connectivity index (χ3n) is 3.22. The van der Waals surface area contributed by atoms with Crippen LogP contribution >= 0.6 is 11.6 Å². The molecule has 0 radical (unpaired) electrons. The average molecular weight is 317 g/mol. The van der Waals surface area contributed by atoms with E-state index in [1.54, 1.807) is 24.3 Å². The van der Waals surface area contributed by atoms with Crippen molar-refractivity contribution in [2.75, 3.05) is 6.54 Å². The number of carbonyl (C=O) groups excluding carboxylic acids is 2. The lowest BCUT2D eigenvalue weighted by atomic mass is 10.1. The maximum atomic E-state index is 11.9. The van der Waals surface area contributed by atoms with Crippen LogP contribution in [0.1, 0.15) is 15.9 Å². The first kappa shape index (κ1) is 16.2. The van der Waals surface area contributed by atoms with E-state index in [0.29, 0.717) is 17.0 Å². The number of amides is 1. The van der Waals surface area contributed by atoms with Gasteiger partial charge in [-0.05, 0) is 36.2 Å². The van der Waals surface area contributed by atoms with E-state index in [-0.39, 0.29) is 18.2 Å². The van der Waals surface area contributed by atoms with Crippen LogP contribution in [-0.4, -0.2) is 24.3 Å². The van der Waals surface area contributed by atoms with Crippen molar-refractivity contribution in [3.8, 4) is 0 Å². The van der Waals surface area contributed by atoms with Gasteiger partial charge in [0.15, 0.2) is 5.78 Å². The molecular weight excluding hydrogens is 300 g/mol. The summed E-state index contributed by atoms with van der Waals surface area (Å²) in [5, 5.41) is 3.13. The molecule has 4 nitrogen and oxygen atoms in total. The lowest BCUT2D eigenvalue weighted by molar-refractivity contribution is -0.122. The van der Waals surface area contributed by atoms with E-state index in [9.17, 15) is 9.59 Å². The Hall–Kier alpha value is -2.17. The molecule has 5 heteroatoms. The molecule has 0 aliphatic carbocycles. The zero-order valence-electron chi connectivity index (χ0n) is 12.0. The zero-order valence-corrected chi connectivity index (χ0v) is 12.7. The van der Waals surface area contributed by atoms with Crippen molar-refractivity contribution >= 4 is 23.3 Å². The van der Waals surface area contributed by atoms with Crippen LogP contribution in [0.2, 0.25) is 5.02 Å². The number of ketones is 1. The Morgan fingerprint density at radius 3 is 2.32 bits per heavy atom. The zero-order chi connectivity index (χ0) is 15.9. The fourth-order valence-electron chi connectivity index (χ4n) is 2.00. The van der Waals surface area contributed by atoms with Crippen LogP contribution in [0.25, 0.3) is 0 Å². The minimum absolute atomic E-state index is 0.0804. The van der Waals surface area contributed by atoms with Crippen LogP contribution in [-0.2, 0) is 11.2 Å². The Morgan fingerprint density at radius 2 is 1.68 bits per heavy atom. The van der Waals surface area contributed by atoms with Gasteiger partial charge in [0, 0.05) is 10.6 Å². The van der Waals surface area contributed by atoms with Crippen LogP contribution in [0.3, 0.4) is 0 Å². The van der Waals surface area contributed by atoms with Crippen LogP contribution in [0.5, 0.6) is 0 Å². The molecule has 2 aromatic carbocycles. The van der Waals surface area contributed by atoms with Crippen LogP contribution in [0.15, 0.2) is 54.6 Å². The Kier molecular flexibility index (Phi) is 5.69. The van der Waals surface area contributed by atoms with Gasteiger partial charge in [-0.1, -0.05) is 41.9 Å². The Bertz CT molecular complexity index is 641. The summed E-state index contributed by atoms with van der Waals surface area (Å²) in [6.45, 7) is -0.0804. The molecule has 0 saturated carbocycles. The molecule has 1 atom stereocenters. The van der Waals surface area contributed by atoms with Gasteiger partial charge in [0.05, 0.1) is 12.6 Å². The van der Waals surface area contributed by atoms with E-state index >= 15 is 0 Å². The first-order valence-corrected chi connectivity index (χ1v) is 7.30. The number of carbonyl (C=O) groups is 2. The molecule has 0 unspecified atom stereocenters. The second kappa shape index (κ2) is 7.73. The van der Waals surface area contributed by atoms with Crippen molar-refractivity contribution < 1.29 is 9.59 Å². The van der Waals surface area contributed by atoms with Gasteiger partial charge < -0.3 is 11.1 Å². The summed E-state index contributed by atoms with van der Waals surface area (Å²) in [5.74, 6) is -0.525. The molecule has 2 aromatic rings. The lowest BCUT2D eigenvalue weighted by Crippen LogP contribution is -2.43. The Balaban J connectivity index is 1.84. The van der Waals surface area contributed by atoms with Crippen LogP contribution < -0.4 is 11.1 Å².